The number of halogens is 1. The number of pyridine rings is 1. The van der Waals surface area contributed by atoms with Gasteiger partial charge >= 0.3 is 5.69 Å². The lowest BCUT2D eigenvalue weighted by Gasteiger charge is -2.11. The molecule has 1 aliphatic rings. The summed E-state index contributed by atoms with van der Waals surface area (Å²) in [6.45, 7) is 0. The number of sulfone groups is 1. The van der Waals surface area contributed by atoms with Gasteiger partial charge in [0.05, 0.1) is 16.4 Å². The number of hydrogen-bond acceptors (Lipinski definition) is 6. The van der Waals surface area contributed by atoms with Gasteiger partial charge in [-0.3, -0.25) is 10.1 Å². The summed E-state index contributed by atoms with van der Waals surface area (Å²) in [5.41, 5.74) is -0.219. The molecule has 1 saturated heterocycles. The van der Waals surface area contributed by atoms with Gasteiger partial charge in [-0.2, -0.15) is 0 Å². The first-order chi connectivity index (χ1) is 8.37. The SMILES string of the molecule is O=[N+]([O-])c1ccc(Cl)nc1NC1CCS(=O)(=O)C1. The fourth-order valence-corrected chi connectivity index (χ4v) is 3.60. The maximum absolute atomic E-state index is 11.3. The van der Waals surface area contributed by atoms with Crippen molar-refractivity contribution in [3.63, 3.8) is 0 Å². The Morgan fingerprint density at radius 1 is 1.50 bits per heavy atom. The quantitative estimate of drug-likeness (QED) is 0.511. The first-order valence-corrected chi connectivity index (χ1v) is 7.35. The molecule has 18 heavy (non-hydrogen) atoms. The Balaban J connectivity index is 2.23. The average Bonchev–Trinajstić information content (AvgIpc) is 2.57. The Kier molecular flexibility index (Phi) is 3.40. The van der Waals surface area contributed by atoms with Crippen molar-refractivity contribution in [3.8, 4) is 0 Å². The predicted octanol–water partition coefficient (Wildman–Crippen LogP) is 1.24. The van der Waals surface area contributed by atoms with Crippen LogP contribution in [0, 0.1) is 10.1 Å². The van der Waals surface area contributed by atoms with Crippen molar-refractivity contribution < 1.29 is 13.3 Å². The normalized spacial score (nSPS) is 21.7. The van der Waals surface area contributed by atoms with Crippen molar-refractivity contribution in [3.05, 3.63) is 27.4 Å². The van der Waals surface area contributed by atoms with E-state index in [-0.39, 0.29) is 34.2 Å². The van der Waals surface area contributed by atoms with Crippen LogP contribution in [0.25, 0.3) is 0 Å². The molecule has 0 saturated carbocycles. The Labute approximate surface area is 108 Å². The summed E-state index contributed by atoms with van der Waals surface area (Å²) in [4.78, 5) is 14.0. The lowest BCUT2D eigenvalue weighted by atomic mass is 10.2. The number of nitro groups is 1. The molecule has 1 atom stereocenters. The van der Waals surface area contributed by atoms with Crippen LogP contribution in [-0.2, 0) is 9.84 Å². The summed E-state index contributed by atoms with van der Waals surface area (Å²) in [5.74, 6) is 0.0480. The minimum atomic E-state index is -3.05. The Bertz CT molecular complexity index is 589. The van der Waals surface area contributed by atoms with Crippen LogP contribution in [0.4, 0.5) is 11.5 Å². The third kappa shape index (κ3) is 2.88. The summed E-state index contributed by atoms with van der Waals surface area (Å²) in [5, 5.41) is 13.7. The number of aromatic nitrogens is 1. The van der Waals surface area contributed by atoms with Crippen LogP contribution in [0.15, 0.2) is 12.1 Å². The Morgan fingerprint density at radius 3 is 2.78 bits per heavy atom. The van der Waals surface area contributed by atoms with E-state index in [1.54, 1.807) is 0 Å². The van der Waals surface area contributed by atoms with Gasteiger partial charge in [0.15, 0.2) is 9.84 Å². The van der Waals surface area contributed by atoms with Crippen LogP contribution < -0.4 is 5.32 Å². The fraction of sp³-hybridized carbons (Fsp3) is 0.444. The van der Waals surface area contributed by atoms with Crippen molar-refractivity contribution >= 4 is 32.9 Å². The molecule has 1 unspecified atom stereocenters. The average molecular weight is 292 g/mol. The van der Waals surface area contributed by atoms with Crippen LogP contribution in [-0.4, -0.2) is 35.9 Å². The monoisotopic (exact) mass is 291 g/mol. The van der Waals surface area contributed by atoms with E-state index < -0.39 is 14.8 Å². The van der Waals surface area contributed by atoms with Crippen molar-refractivity contribution in [2.75, 3.05) is 16.8 Å². The summed E-state index contributed by atoms with van der Waals surface area (Å²) < 4.78 is 22.6. The smallest absolute Gasteiger partial charge is 0.311 e. The van der Waals surface area contributed by atoms with Gasteiger partial charge in [-0.05, 0) is 12.5 Å². The number of hydrogen-bond donors (Lipinski definition) is 1. The van der Waals surface area contributed by atoms with E-state index in [4.69, 9.17) is 11.6 Å². The van der Waals surface area contributed by atoms with E-state index >= 15 is 0 Å². The second kappa shape index (κ2) is 4.69. The molecule has 1 aromatic rings. The molecular weight excluding hydrogens is 282 g/mol. The molecule has 0 amide bonds. The van der Waals surface area contributed by atoms with Gasteiger partial charge in [0.25, 0.3) is 0 Å². The molecular formula is C9H10ClN3O4S. The number of anilines is 1. The zero-order valence-corrected chi connectivity index (χ0v) is 10.7. The first-order valence-electron chi connectivity index (χ1n) is 5.15. The summed E-state index contributed by atoms with van der Waals surface area (Å²) >= 11 is 5.67. The Morgan fingerprint density at radius 2 is 2.22 bits per heavy atom. The van der Waals surface area contributed by atoms with Gasteiger partial charge < -0.3 is 5.32 Å². The highest BCUT2D eigenvalue weighted by molar-refractivity contribution is 7.91. The highest BCUT2D eigenvalue weighted by Gasteiger charge is 2.29. The van der Waals surface area contributed by atoms with E-state index in [0.29, 0.717) is 6.42 Å². The predicted molar refractivity (Wildman–Crippen MR) is 66.6 cm³/mol. The van der Waals surface area contributed by atoms with E-state index in [2.05, 4.69) is 10.3 Å². The van der Waals surface area contributed by atoms with Crippen molar-refractivity contribution in [2.45, 2.75) is 12.5 Å². The van der Waals surface area contributed by atoms with Crippen molar-refractivity contribution in [1.29, 1.82) is 0 Å². The fourth-order valence-electron chi connectivity index (χ4n) is 1.78. The van der Waals surface area contributed by atoms with E-state index in [1.165, 1.54) is 12.1 Å². The first kappa shape index (κ1) is 13.0. The molecule has 98 valence electrons. The number of nitrogens with zero attached hydrogens (tertiary/aromatic N) is 2. The van der Waals surface area contributed by atoms with Gasteiger partial charge in [0, 0.05) is 12.1 Å². The van der Waals surface area contributed by atoms with Gasteiger partial charge in [0.2, 0.25) is 5.82 Å². The standard InChI is InChI=1S/C9H10ClN3O4S/c10-8-2-1-7(13(14)15)9(12-8)11-6-3-4-18(16,17)5-6/h1-2,6H,3-5H2,(H,11,12). The van der Waals surface area contributed by atoms with Crippen LogP contribution in [0.1, 0.15) is 6.42 Å². The number of nitrogens with one attached hydrogen (secondary N) is 1. The molecule has 2 rings (SSSR count). The molecule has 1 aromatic heterocycles. The second-order valence-electron chi connectivity index (χ2n) is 4.00. The molecule has 7 nitrogen and oxygen atoms in total. The van der Waals surface area contributed by atoms with E-state index in [1.807, 2.05) is 0 Å². The van der Waals surface area contributed by atoms with Crippen molar-refractivity contribution in [1.82, 2.24) is 4.98 Å². The zero-order valence-electron chi connectivity index (χ0n) is 9.17. The molecule has 9 heteroatoms. The molecule has 0 aliphatic carbocycles. The Hall–Kier alpha value is -1.41. The van der Waals surface area contributed by atoms with Gasteiger partial charge in [-0.15, -0.1) is 0 Å². The largest absolute Gasteiger partial charge is 0.361 e. The molecule has 0 spiro atoms. The van der Waals surface area contributed by atoms with Crippen LogP contribution in [0.3, 0.4) is 0 Å². The minimum Gasteiger partial charge on any atom is -0.361 e. The highest BCUT2D eigenvalue weighted by Crippen LogP contribution is 2.26. The maximum Gasteiger partial charge on any atom is 0.311 e. The van der Waals surface area contributed by atoms with Gasteiger partial charge in [-0.25, -0.2) is 13.4 Å². The van der Waals surface area contributed by atoms with E-state index in [0.717, 1.165) is 0 Å². The molecule has 0 bridgehead atoms. The summed E-state index contributed by atoms with van der Waals surface area (Å²) in [6.07, 6.45) is 0.410. The van der Waals surface area contributed by atoms with Crippen LogP contribution in [0.2, 0.25) is 5.15 Å². The molecule has 0 aromatic carbocycles. The van der Waals surface area contributed by atoms with Crippen LogP contribution in [0.5, 0.6) is 0 Å². The second-order valence-corrected chi connectivity index (χ2v) is 6.62. The van der Waals surface area contributed by atoms with Crippen LogP contribution >= 0.6 is 11.6 Å². The number of rotatable bonds is 3. The summed E-state index contributed by atoms with van der Waals surface area (Å²) in [7, 11) is -3.05. The molecule has 1 aliphatic heterocycles. The van der Waals surface area contributed by atoms with Gasteiger partial charge in [-0.1, -0.05) is 11.6 Å². The maximum atomic E-state index is 11.3. The molecule has 0 radical (unpaired) electrons. The third-order valence-corrected chi connectivity index (χ3v) is 4.59. The summed E-state index contributed by atoms with van der Waals surface area (Å²) in [6, 6.07) is 2.19. The van der Waals surface area contributed by atoms with Gasteiger partial charge in [0.1, 0.15) is 5.15 Å². The molecule has 1 N–H and O–H groups in total. The van der Waals surface area contributed by atoms with Crippen molar-refractivity contribution in [2.24, 2.45) is 0 Å². The molecule has 2 heterocycles. The topological polar surface area (TPSA) is 102 Å². The minimum absolute atomic E-state index is 0.00889. The lowest BCUT2D eigenvalue weighted by molar-refractivity contribution is -0.384. The zero-order chi connectivity index (χ0) is 13.3. The molecule has 1 fully saturated rings. The third-order valence-electron chi connectivity index (χ3n) is 2.61. The highest BCUT2D eigenvalue weighted by atomic mass is 35.5. The lowest BCUT2D eigenvalue weighted by Crippen LogP contribution is -2.21. The van der Waals surface area contributed by atoms with E-state index in [9.17, 15) is 18.5 Å².